The third-order valence-corrected chi connectivity index (χ3v) is 6.11. The van der Waals surface area contributed by atoms with Crippen LogP contribution in [0, 0.1) is 0 Å². The maximum Gasteiger partial charge on any atom is 0.407 e. The fraction of sp³-hybridized carbons (Fsp3) is 0.542. The minimum atomic E-state index is -0.593. The number of aliphatic hydroxyl groups is 1. The molecule has 2 aliphatic rings. The van der Waals surface area contributed by atoms with Crippen LogP contribution in [0.4, 0.5) is 4.79 Å². The molecule has 0 spiro atoms. The van der Waals surface area contributed by atoms with E-state index >= 15 is 0 Å². The van der Waals surface area contributed by atoms with Crippen molar-refractivity contribution >= 4 is 17.9 Å². The molecule has 3 rings (SSSR count). The average molecular weight is 444 g/mol. The van der Waals surface area contributed by atoms with Crippen LogP contribution >= 0.6 is 0 Å². The Hall–Kier alpha value is -3.03. The summed E-state index contributed by atoms with van der Waals surface area (Å²) < 4.78 is 5.00. The maximum absolute atomic E-state index is 12.7. The van der Waals surface area contributed by atoms with Crippen LogP contribution in [-0.2, 0) is 14.3 Å². The molecule has 1 heterocycles. The van der Waals surface area contributed by atoms with Gasteiger partial charge in [0.1, 0.15) is 0 Å². The van der Waals surface area contributed by atoms with Crippen molar-refractivity contribution < 1.29 is 24.2 Å². The van der Waals surface area contributed by atoms with Crippen molar-refractivity contribution in [3.8, 4) is 0 Å². The molecule has 0 saturated heterocycles. The zero-order valence-electron chi connectivity index (χ0n) is 18.6. The molecule has 1 fully saturated rings. The zero-order chi connectivity index (χ0) is 22.9. The van der Waals surface area contributed by atoms with Crippen LogP contribution in [0.15, 0.2) is 41.7 Å². The zero-order valence-corrected chi connectivity index (χ0v) is 18.6. The minimum absolute atomic E-state index is 0.0302. The number of rotatable bonds is 9. The van der Waals surface area contributed by atoms with Crippen molar-refractivity contribution in [3.63, 3.8) is 0 Å². The van der Waals surface area contributed by atoms with E-state index in [0.717, 1.165) is 38.5 Å². The Balaban J connectivity index is 1.42. The molecule has 0 aromatic heterocycles. The first kappa shape index (κ1) is 23.6. The van der Waals surface area contributed by atoms with Gasteiger partial charge in [0.2, 0.25) is 0 Å². The van der Waals surface area contributed by atoms with E-state index in [1.165, 1.54) is 10.5 Å². The highest BCUT2D eigenvalue weighted by Gasteiger charge is 2.35. The highest BCUT2D eigenvalue weighted by molar-refractivity contribution is 6.07. The van der Waals surface area contributed by atoms with E-state index in [9.17, 15) is 19.5 Å². The molecule has 174 valence electrons. The van der Waals surface area contributed by atoms with Gasteiger partial charge < -0.3 is 25.4 Å². The predicted octanol–water partition coefficient (Wildman–Crippen LogP) is 3.01. The highest BCUT2D eigenvalue weighted by Crippen LogP contribution is 2.33. The second-order valence-electron chi connectivity index (χ2n) is 8.40. The Morgan fingerprint density at radius 1 is 1.16 bits per heavy atom. The summed E-state index contributed by atoms with van der Waals surface area (Å²) in [5.41, 5.74) is 1.42. The predicted molar refractivity (Wildman–Crippen MR) is 120 cm³/mol. The molecule has 8 nitrogen and oxygen atoms in total. The van der Waals surface area contributed by atoms with Crippen molar-refractivity contribution in [2.45, 2.75) is 57.4 Å². The topological polar surface area (TPSA) is 108 Å². The molecule has 0 unspecified atom stereocenters. The number of nitrogens with zero attached hydrogens (tertiary/aromatic N) is 1. The summed E-state index contributed by atoms with van der Waals surface area (Å²) in [7, 11) is 0. The first-order valence-electron chi connectivity index (χ1n) is 11.5. The van der Waals surface area contributed by atoms with Crippen molar-refractivity contribution in [1.82, 2.24) is 15.5 Å². The van der Waals surface area contributed by atoms with E-state index in [1.54, 1.807) is 0 Å². The molecular formula is C24H33N3O5. The minimum Gasteiger partial charge on any atom is -0.503 e. The van der Waals surface area contributed by atoms with Crippen molar-refractivity contribution in [3.05, 3.63) is 47.2 Å². The highest BCUT2D eigenvalue weighted by atomic mass is 16.5. The Kier molecular flexibility index (Phi) is 8.53. The molecule has 3 N–H and O–H groups in total. The van der Waals surface area contributed by atoms with Crippen molar-refractivity contribution in [2.75, 3.05) is 26.2 Å². The summed E-state index contributed by atoms with van der Waals surface area (Å²) in [6.07, 6.45) is 4.90. The van der Waals surface area contributed by atoms with Gasteiger partial charge in [-0.3, -0.25) is 9.59 Å². The summed E-state index contributed by atoms with van der Waals surface area (Å²) in [6.45, 7) is 2.75. The van der Waals surface area contributed by atoms with Crippen molar-refractivity contribution in [2.24, 2.45) is 0 Å². The van der Waals surface area contributed by atoms with E-state index in [-0.39, 0.29) is 31.2 Å². The van der Waals surface area contributed by atoms with Gasteiger partial charge in [-0.15, -0.1) is 0 Å². The summed E-state index contributed by atoms with van der Waals surface area (Å²) in [4.78, 5) is 37.9. The van der Waals surface area contributed by atoms with Gasteiger partial charge in [0.15, 0.2) is 5.76 Å². The van der Waals surface area contributed by atoms with E-state index < -0.39 is 23.7 Å². The van der Waals surface area contributed by atoms with Gasteiger partial charge in [-0.2, -0.15) is 0 Å². The standard InChI is InChI=1S/C24H33N3O5/c1-2-3-15-32-24(31)25-13-14-27-16-20(21(28)23(27)30)22(29)26-19-11-9-18(10-12-19)17-7-5-4-6-8-17/h4-8,18-19,28H,2-3,9-16H2,1H3,(H,25,31)(H,26,29)/t18-,19+. The van der Waals surface area contributed by atoms with Crippen LogP contribution < -0.4 is 10.6 Å². The molecule has 1 aromatic rings. The van der Waals surface area contributed by atoms with E-state index in [1.807, 2.05) is 25.1 Å². The van der Waals surface area contributed by atoms with Gasteiger partial charge in [-0.25, -0.2) is 4.79 Å². The number of carbonyl (C=O) groups excluding carboxylic acids is 3. The first-order chi connectivity index (χ1) is 15.5. The monoisotopic (exact) mass is 443 g/mol. The summed E-state index contributed by atoms with van der Waals surface area (Å²) in [5.74, 6) is -0.995. The SMILES string of the molecule is CCCCOC(=O)NCCN1CC(C(=O)N[C@H]2CC[C@@H](c3ccccc3)CC2)=C(O)C1=O. The molecule has 32 heavy (non-hydrogen) atoms. The third kappa shape index (κ3) is 6.24. The number of hydrogen-bond acceptors (Lipinski definition) is 5. The van der Waals surface area contributed by atoms with Crippen molar-refractivity contribution in [1.29, 1.82) is 0 Å². The van der Waals surface area contributed by atoms with Gasteiger partial charge in [-0.05, 0) is 43.6 Å². The number of alkyl carbamates (subject to hydrolysis) is 1. The number of carbonyl (C=O) groups is 3. The van der Waals surface area contributed by atoms with Crippen LogP contribution in [0.1, 0.15) is 56.9 Å². The Bertz CT molecular complexity index is 831. The van der Waals surface area contributed by atoms with E-state index in [0.29, 0.717) is 12.5 Å². The maximum atomic E-state index is 12.7. The number of unbranched alkanes of at least 4 members (excludes halogenated alkanes) is 1. The Morgan fingerprint density at radius 2 is 1.88 bits per heavy atom. The van der Waals surface area contributed by atoms with Gasteiger partial charge >= 0.3 is 6.09 Å². The summed E-state index contributed by atoms with van der Waals surface area (Å²) >= 11 is 0. The number of ether oxygens (including phenoxy) is 1. The second-order valence-corrected chi connectivity index (χ2v) is 8.40. The molecule has 0 atom stereocenters. The second kappa shape index (κ2) is 11.5. The normalized spacial score (nSPS) is 20.9. The molecule has 1 aliphatic heterocycles. The molecule has 1 aromatic carbocycles. The van der Waals surface area contributed by atoms with Crippen LogP contribution in [0.5, 0.6) is 0 Å². The molecule has 1 aliphatic carbocycles. The quantitative estimate of drug-likeness (QED) is 0.509. The number of hydrogen-bond donors (Lipinski definition) is 3. The molecule has 0 radical (unpaired) electrons. The molecule has 0 bridgehead atoms. The summed E-state index contributed by atoms with van der Waals surface area (Å²) in [5, 5.41) is 15.7. The lowest BCUT2D eigenvalue weighted by Gasteiger charge is -2.29. The van der Waals surface area contributed by atoms with Gasteiger partial charge in [0.25, 0.3) is 11.8 Å². The number of benzene rings is 1. The third-order valence-electron chi connectivity index (χ3n) is 6.11. The number of nitrogens with one attached hydrogen (secondary N) is 2. The largest absolute Gasteiger partial charge is 0.503 e. The fourth-order valence-corrected chi connectivity index (χ4v) is 4.20. The van der Waals surface area contributed by atoms with E-state index in [2.05, 4.69) is 22.8 Å². The first-order valence-corrected chi connectivity index (χ1v) is 11.5. The smallest absolute Gasteiger partial charge is 0.407 e. The lowest BCUT2D eigenvalue weighted by molar-refractivity contribution is -0.127. The van der Waals surface area contributed by atoms with Crippen LogP contribution in [0.3, 0.4) is 0 Å². The van der Waals surface area contributed by atoms with Gasteiger partial charge in [-0.1, -0.05) is 43.7 Å². The fourth-order valence-electron chi connectivity index (χ4n) is 4.20. The van der Waals surface area contributed by atoms with Gasteiger partial charge in [0, 0.05) is 19.1 Å². The lowest BCUT2D eigenvalue weighted by Crippen LogP contribution is -2.40. The van der Waals surface area contributed by atoms with Crippen LogP contribution in [0.2, 0.25) is 0 Å². The molecule has 8 heteroatoms. The van der Waals surface area contributed by atoms with Crippen LogP contribution in [-0.4, -0.2) is 60.2 Å². The molecule has 3 amide bonds. The number of amides is 3. The summed E-state index contributed by atoms with van der Waals surface area (Å²) in [6, 6.07) is 10.4. The molecular weight excluding hydrogens is 410 g/mol. The Morgan fingerprint density at radius 3 is 2.56 bits per heavy atom. The Labute approximate surface area is 189 Å². The lowest BCUT2D eigenvalue weighted by atomic mass is 9.82. The molecule has 1 saturated carbocycles. The number of aliphatic hydroxyl groups excluding tert-OH is 1. The average Bonchev–Trinajstić information content (AvgIpc) is 3.09. The van der Waals surface area contributed by atoms with Crippen LogP contribution in [0.25, 0.3) is 0 Å². The van der Waals surface area contributed by atoms with E-state index in [4.69, 9.17) is 4.74 Å². The van der Waals surface area contributed by atoms with Gasteiger partial charge in [0.05, 0.1) is 18.7 Å².